The zero-order valence-corrected chi connectivity index (χ0v) is 18.0. The maximum absolute atomic E-state index is 5.69. The predicted molar refractivity (Wildman–Crippen MR) is 117 cm³/mol. The molecular formula is C24H29N3O2. The molecule has 0 spiro atoms. The first-order valence-electron chi connectivity index (χ1n) is 10.0. The second-order valence-corrected chi connectivity index (χ2v) is 8.66. The number of rotatable bonds is 4. The molecule has 0 amide bonds. The Hall–Kier alpha value is -2.95. The highest BCUT2D eigenvalue weighted by Crippen LogP contribution is 2.43. The van der Waals surface area contributed by atoms with E-state index in [1.54, 1.807) is 7.11 Å². The van der Waals surface area contributed by atoms with Crippen molar-refractivity contribution in [1.29, 1.82) is 0 Å². The van der Waals surface area contributed by atoms with Gasteiger partial charge in [0.15, 0.2) is 0 Å². The van der Waals surface area contributed by atoms with Crippen LogP contribution in [0.4, 0.5) is 0 Å². The number of hydrogen-bond donors (Lipinski definition) is 0. The van der Waals surface area contributed by atoms with Crippen molar-refractivity contribution >= 4 is 16.6 Å². The molecule has 29 heavy (non-hydrogen) atoms. The molecule has 2 aliphatic rings. The molecule has 0 aliphatic carbocycles. The van der Waals surface area contributed by atoms with Gasteiger partial charge < -0.3 is 14.4 Å². The number of hydrogen-bond acceptors (Lipinski definition) is 4. The lowest BCUT2D eigenvalue weighted by Crippen LogP contribution is -2.47. The topological polar surface area (TPSA) is 39.5 Å². The van der Waals surface area contributed by atoms with Gasteiger partial charge in [-0.25, -0.2) is 0 Å². The maximum Gasteiger partial charge on any atom is 0.121 e. The van der Waals surface area contributed by atoms with Crippen molar-refractivity contribution in [3.05, 3.63) is 66.2 Å². The highest BCUT2D eigenvalue weighted by Gasteiger charge is 2.39. The van der Waals surface area contributed by atoms with Gasteiger partial charge in [-0.2, -0.15) is 5.10 Å². The molecular weight excluding hydrogens is 362 g/mol. The van der Waals surface area contributed by atoms with Gasteiger partial charge in [0.1, 0.15) is 11.5 Å². The number of ether oxygens (including phenoxy) is 2. The van der Waals surface area contributed by atoms with Gasteiger partial charge in [0.25, 0.3) is 0 Å². The van der Waals surface area contributed by atoms with Gasteiger partial charge in [-0.15, -0.1) is 0 Å². The molecule has 1 unspecified atom stereocenters. The summed E-state index contributed by atoms with van der Waals surface area (Å²) >= 11 is 0. The average molecular weight is 392 g/mol. The van der Waals surface area contributed by atoms with Gasteiger partial charge >= 0.3 is 0 Å². The fourth-order valence-electron chi connectivity index (χ4n) is 4.15. The first-order valence-corrected chi connectivity index (χ1v) is 10.0. The van der Waals surface area contributed by atoms with Crippen LogP contribution < -0.4 is 4.74 Å². The van der Waals surface area contributed by atoms with E-state index in [0.29, 0.717) is 12.4 Å². The lowest BCUT2D eigenvalue weighted by Gasteiger charge is -2.46. The van der Waals surface area contributed by atoms with E-state index < -0.39 is 0 Å². The predicted octanol–water partition coefficient (Wildman–Crippen LogP) is 5.12. The summed E-state index contributed by atoms with van der Waals surface area (Å²) in [6.07, 6.45) is 4.28. The normalized spacial score (nSPS) is 18.7. The zero-order valence-electron chi connectivity index (χ0n) is 18.0. The molecule has 1 aromatic heterocycles. The van der Waals surface area contributed by atoms with Gasteiger partial charge in [0, 0.05) is 23.2 Å². The zero-order chi connectivity index (χ0) is 20.9. The summed E-state index contributed by atoms with van der Waals surface area (Å²) in [5.41, 5.74) is 5.06. The van der Waals surface area contributed by atoms with Crippen LogP contribution in [0.5, 0.6) is 5.75 Å². The molecule has 1 atom stereocenters. The molecule has 0 N–H and O–H groups in total. The van der Waals surface area contributed by atoms with Crippen LogP contribution >= 0.6 is 0 Å². The molecule has 0 saturated carbocycles. The minimum Gasteiger partial charge on any atom is -0.497 e. The van der Waals surface area contributed by atoms with Crippen molar-refractivity contribution < 1.29 is 9.47 Å². The minimum absolute atomic E-state index is 0.0415. The number of nitrogens with zero attached hydrogens (tertiary/aromatic N) is 3. The Balaban J connectivity index is 1.90. The van der Waals surface area contributed by atoms with E-state index >= 15 is 0 Å². The lowest BCUT2D eigenvalue weighted by atomic mass is 9.82. The Morgan fingerprint density at radius 3 is 2.72 bits per heavy atom. The Bertz CT molecular complexity index is 1070. The maximum atomic E-state index is 5.69. The second-order valence-electron chi connectivity index (χ2n) is 8.66. The third kappa shape index (κ3) is 3.15. The number of aromatic nitrogens is 2. The fourth-order valence-corrected chi connectivity index (χ4v) is 4.15. The van der Waals surface area contributed by atoms with E-state index in [9.17, 15) is 0 Å². The first kappa shape index (κ1) is 19.4. The van der Waals surface area contributed by atoms with Crippen molar-refractivity contribution in [2.45, 2.75) is 40.3 Å². The smallest absolute Gasteiger partial charge is 0.121 e. The van der Waals surface area contributed by atoms with Crippen LogP contribution in [0.3, 0.4) is 0 Å². The number of benzene rings is 1. The summed E-state index contributed by atoms with van der Waals surface area (Å²) in [5, 5.41) is 6.02. The molecule has 0 radical (unpaired) electrons. The van der Waals surface area contributed by atoms with Crippen molar-refractivity contribution in [2.75, 3.05) is 13.7 Å². The van der Waals surface area contributed by atoms with Crippen LogP contribution in [-0.2, 0) is 11.3 Å². The standard InChI is InChI=1S/C24H29N3O2/c1-8-29-16(3)19-13-26-21(11-15(19)2)23-18-10-9-17(28-7)12-20(18)25-27(23)14-22(26)24(4,5)6/h9-13,22H,2-3,8,14H2,1,4-7H3. The quantitative estimate of drug-likeness (QED) is 0.678. The van der Waals surface area contributed by atoms with Gasteiger partial charge in [-0.3, -0.25) is 4.68 Å². The fraction of sp³-hybridized carbons (Fsp3) is 0.375. The van der Waals surface area contributed by atoms with Crippen molar-refractivity contribution in [3.63, 3.8) is 0 Å². The second kappa shape index (κ2) is 6.83. The summed E-state index contributed by atoms with van der Waals surface area (Å²) in [6.45, 7) is 18.5. The molecule has 3 heterocycles. The number of methoxy groups -OCH3 is 1. The van der Waals surface area contributed by atoms with Crippen molar-refractivity contribution in [3.8, 4) is 5.75 Å². The van der Waals surface area contributed by atoms with Crippen LogP contribution in [0.1, 0.15) is 33.4 Å². The molecule has 0 saturated heterocycles. The van der Waals surface area contributed by atoms with Crippen molar-refractivity contribution in [1.82, 2.24) is 14.7 Å². The van der Waals surface area contributed by atoms with Gasteiger partial charge in [0.2, 0.25) is 0 Å². The molecule has 2 aliphatic heterocycles. The molecule has 1 aromatic carbocycles. The summed E-state index contributed by atoms with van der Waals surface area (Å²) < 4.78 is 13.2. The Kier molecular flexibility index (Phi) is 4.56. The molecule has 4 rings (SSSR count). The number of allylic oxidation sites excluding steroid dienone is 2. The average Bonchev–Trinajstić information content (AvgIpc) is 3.03. The third-order valence-corrected chi connectivity index (χ3v) is 5.69. The van der Waals surface area contributed by atoms with E-state index in [4.69, 9.17) is 14.6 Å². The molecule has 152 valence electrons. The van der Waals surface area contributed by atoms with Crippen LogP contribution in [-0.4, -0.2) is 34.4 Å². The van der Waals surface area contributed by atoms with E-state index in [2.05, 4.69) is 61.9 Å². The Morgan fingerprint density at radius 1 is 1.31 bits per heavy atom. The highest BCUT2D eigenvalue weighted by atomic mass is 16.5. The van der Waals surface area contributed by atoms with Crippen LogP contribution in [0.15, 0.2) is 60.5 Å². The summed E-state index contributed by atoms with van der Waals surface area (Å²) in [6, 6.07) is 6.30. The number of fused-ring (bicyclic) bond motifs is 5. The first-order chi connectivity index (χ1) is 13.7. The monoisotopic (exact) mass is 391 g/mol. The lowest BCUT2D eigenvalue weighted by molar-refractivity contribution is 0.155. The van der Waals surface area contributed by atoms with E-state index in [0.717, 1.165) is 45.7 Å². The summed E-state index contributed by atoms with van der Waals surface area (Å²) in [5.74, 6) is 1.48. The van der Waals surface area contributed by atoms with Crippen LogP contribution in [0.2, 0.25) is 0 Å². The largest absolute Gasteiger partial charge is 0.497 e. The van der Waals surface area contributed by atoms with E-state index in [1.807, 2.05) is 19.1 Å². The molecule has 0 fully saturated rings. The Morgan fingerprint density at radius 2 is 2.07 bits per heavy atom. The summed E-state index contributed by atoms with van der Waals surface area (Å²) in [7, 11) is 1.68. The minimum atomic E-state index is 0.0415. The SMILES string of the molecule is C=C1C=C2c3c4ccc(OC)cc4nn3CC(C(C)(C)C)N2C=C1C(=C)OCC. The molecule has 2 aromatic rings. The Labute approximate surface area is 172 Å². The summed E-state index contributed by atoms with van der Waals surface area (Å²) in [4.78, 5) is 2.36. The highest BCUT2D eigenvalue weighted by molar-refractivity contribution is 5.93. The van der Waals surface area contributed by atoms with E-state index in [1.165, 1.54) is 0 Å². The van der Waals surface area contributed by atoms with Crippen molar-refractivity contribution in [2.24, 2.45) is 5.41 Å². The van der Waals surface area contributed by atoms with Crippen LogP contribution in [0, 0.1) is 5.41 Å². The van der Waals surface area contributed by atoms with Crippen LogP contribution in [0.25, 0.3) is 16.6 Å². The van der Waals surface area contributed by atoms with Gasteiger partial charge in [0.05, 0.1) is 43.2 Å². The van der Waals surface area contributed by atoms with E-state index in [-0.39, 0.29) is 11.5 Å². The molecule has 0 bridgehead atoms. The van der Waals surface area contributed by atoms with Gasteiger partial charge in [-0.1, -0.05) is 33.9 Å². The van der Waals surface area contributed by atoms with Gasteiger partial charge in [-0.05, 0) is 36.1 Å². The third-order valence-electron chi connectivity index (χ3n) is 5.69. The molecule has 5 nitrogen and oxygen atoms in total. The molecule has 5 heteroatoms.